The van der Waals surface area contributed by atoms with Gasteiger partial charge in [0.25, 0.3) is 0 Å². The molecule has 12 heteroatoms. The topological polar surface area (TPSA) is 32.7 Å². The zero-order chi connectivity index (χ0) is 18.9. The van der Waals surface area contributed by atoms with E-state index >= 15 is 0 Å². The van der Waals surface area contributed by atoms with Crippen molar-refractivity contribution >= 4 is 38.3 Å². The number of nitrogens with zero attached hydrogens (tertiary/aromatic N) is 2. The van der Waals surface area contributed by atoms with Crippen molar-refractivity contribution in [2.45, 2.75) is 17.2 Å². The summed E-state index contributed by atoms with van der Waals surface area (Å²) in [6, 6.07) is 1.21. The molecule has 1 atom stereocenters. The van der Waals surface area contributed by atoms with Gasteiger partial charge in [-0.15, -0.1) is 0 Å². The Morgan fingerprint density at radius 1 is 1.21 bits per heavy atom. The fourth-order valence-corrected chi connectivity index (χ4v) is 3.37. The molecule has 0 aliphatic heterocycles. The van der Waals surface area contributed by atoms with Gasteiger partial charge >= 0.3 is 12.4 Å². The molecule has 1 aromatic rings. The molecular formula is C12H10BrF7N2OS. The van der Waals surface area contributed by atoms with Gasteiger partial charge in [-0.1, -0.05) is 0 Å². The van der Waals surface area contributed by atoms with Gasteiger partial charge < -0.3 is 4.90 Å². The van der Waals surface area contributed by atoms with Gasteiger partial charge in [0.1, 0.15) is 17.3 Å². The van der Waals surface area contributed by atoms with Crippen LogP contribution in [0.5, 0.6) is 0 Å². The molecule has 136 valence electrons. The average molecular weight is 443 g/mol. The van der Waals surface area contributed by atoms with Gasteiger partial charge in [0.05, 0.1) is 15.7 Å². The van der Waals surface area contributed by atoms with E-state index in [0.717, 1.165) is 14.1 Å². The largest absolute Gasteiger partial charge is 0.449 e. The Morgan fingerprint density at radius 2 is 1.75 bits per heavy atom. The molecular weight excluding hydrogens is 433 g/mol. The number of benzene rings is 1. The van der Waals surface area contributed by atoms with Gasteiger partial charge in [-0.3, -0.25) is 4.21 Å². The van der Waals surface area contributed by atoms with Crippen LogP contribution in [0.25, 0.3) is 0 Å². The molecule has 3 nitrogen and oxygen atoms in total. The molecule has 1 unspecified atom stereocenters. The van der Waals surface area contributed by atoms with E-state index in [-0.39, 0.29) is 4.47 Å². The number of rotatable bonds is 3. The summed E-state index contributed by atoms with van der Waals surface area (Å²) >= 11 is 2.74. The van der Waals surface area contributed by atoms with Crippen LogP contribution in [0.2, 0.25) is 0 Å². The summed E-state index contributed by atoms with van der Waals surface area (Å²) in [7, 11) is -0.593. The highest BCUT2D eigenvalue weighted by molar-refractivity contribution is 9.10. The Hall–Kier alpha value is -1.17. The van der Waals surface area contributed by atoms with Crippen LogP contribution in [-0.4, -0.2) is 47.1 Å². The lowest BCUT2D eigenvalue weighted by Gasteiger charge is -2.18. The van der Waals surface area contributed by atoms with Crippen molar-refractivity contribution in [3.05, 3.63) is 22.4 Å². The lowest BCUT2D eigenvalue weighted by Crippen LogP contribution is -2.36. The second-order valence-electron chi connectivity index (χ2n) is 4.67. The fourth-order valence-electron chi connectivity index (χ4n) is 1.54. The minimum absolute atomic E-state index is 0.264. The molecule has 0 saturated heterocycles. The molecule has 0 fully saturated rings. The first-order valence-corrected chi connectivity index (χ1v) is 8.11. The molecule has 0 spiro atoms. The number of aliphatic imine (C=N–C) groups is 1. The molecule has 0 aliphatic carbocycles. The van der Waals surface area contributed by atoms with Crippen LogP contribution in [-0.2, 0) is 10.8 Å². The smallest absolute Gasteiger partial charge is 0.359 e. The van der Waals surface area contributed by atoms with Crippen molar-refractivity contribution < 1.29 is 34.9 Å². The third kappa shape index (κ3) is 5.72. The first-order valence-electron chi connectivity index (χ1n) is 5.99. The Balaban J connectivity index is 3.41. The Bertz CT molecular complexity index is 671. The van der Waals surface area contributed by atoms with Crippen molar-refractivity contribution in [3.8, 4) is 0 Å². The van der Waals surface area contributed by atoms with Crippen molar-refractivity contribution in [2.24, 2.45) is 4.99 Å². The molecule has 0 aliphatic rings. The summed E-state index contributed by atoms with van der Waals surface area (Å²) in [5.41, 5.74) is -0.871. The van der Waals surface area contributed by atoms with E-state index < -0.39 is 51.1 Å². The number of amidine groups is 1. The molecule has 0 heterocycles. The van der Waals surface area contributed by atoms with Gasteiger partial charge in [0.2, 0.25) is 5.84 Å². The van der Waals surface area contributed by atoms with Crippen molar-refractivity contribution in [2.75, 3.05) is 19.8 Å². The number of hydrogen-bond donors (Lipinski definition) is 0. The summed E-state index contributed by atoms with van der Waals surface area (Å²) in [5.74, 6) is -4.39. The van der Waals surface area contributed by atoms with Gasteiger partial charge in [0, 0.05) is 18.6 Å². The maximum absolute atomic E-state index is 13.8. The molecule has 24 heavy (non-hydrogen) atoms. The highest BCUT2D eigenvalue weighted by atomic mass is 79.9. The van der Waals surface area contributed by atoms with E-state index in [1.165, 1.54) is 0 Å². The number of alkyl halides is 6. The highest BCUT2D eigenvalue weighted by Crippen LogP contribution is 2.32. The van der Waals surface area contributed by atoms with E-state index in [0.29, 0.717) is 17.0 Å². The Kier molecular flexibility index (Phi) is 6.42. The van der Waals surface area contributed by atoms with E-state index in [1.807, 2.05) is 0 Å². The summed E-state index contributed by atoms with van der Waals surface area (Å²) in [4.78, 5) is 3.19. The number of hydrogen-bond acceptors (Lipinski definition) is 2. The molecule has 0 bridgehead atoms. The molecule has 1 rings (SSSR count). The third-order valence-electron chi connectivity index (χ3n) is 2.44. The second-order valence-corrected chi connectivity index (χ2v) is 6.94. The normalized spacial score (nSPS) is 14.7. The minimum Gasteiger partial charge on any atom is -0.359 e. The molecule has 0 aromatic heterocycles. The van der Waals surface area contributed by atoms with Crippen LogP contribution >= 0.6 is 15.9 Å². The third-order valence-corrected chi connectivity index (χ3v) is 4.78. The average Bonchev–Trinajstić information content (AvgIpc) is 2.33. The summed E-state index contributed by atoms with van der Waals surface area (Å²) in [5, 5.41) is 0. The van der Waals surface area contributed by atoms with E-state index in [2.05, 4.69) is 20.9 Å². The van der Waals surface area contributed by atoms with Gasteiger partial charge in [-0.2, -0.15) is 26.3 Å². The summed E-state index contributed by atoms with van der Waals surface area (Å²) in [6.45, 7) is 0. The van der Waals surface area contributed by atoms with Crippen LogP contribution in [0.15, 0.2) is 26.5 Å². The van der Waals surface area contributed by atoms with E-state index in [1.54, 1.807) is 0 Å². The van der Waals surface area contributed by atoms with Crippen LogP contribution < -0.4 is 0 Å². The summed E-state index contributed by atoms with van der Waals surface area (Å²) < 4.78 is 101. The van der Waals surface area contributed by atoms with Gasteiger partial charge in [0.15, 0.2) is 0 Å². The minimum atomic E-state index is -4.91. The quantitative estimate of drug-likeness (QED) is 0.394. The fraction of sp³-hybridized carbons (Fsp3) is 0.417. The molecule has 0 saturated carbocycles. The van der Waals surface area contributed by atoms with Gasteiger partial charge in [-0.25, -0.2) is 9.38 Å². The molecule has 0 N–H and O–H groups in total. The predicted molar refractivity (Wildman–Crippen MR) is 78.3 cm³/mol. The highest BCUT2D eigenvalue weighted by Gasteiger charge is 2.38. The summed E-state index contributed by atoms with van der Waals surface area (Å²) in [6.07, 6.45) is -9.67. The first-order chi connectivity index (χ1) is 10.7. The molecule has 0 radical (unpaired) electrons. The van der Waals surface area contributed by atoms with Gasteiger partial charge in [-0.05, 0) is 28.1 Å². The first kappa shape index (κ1) is 20.9. The zero-order valence-electron chi connectivity index (χ0n) is 12.1. The second kappa shape index (κ2) is 7.38. The zero-order valence-corrected chi connectivity index (χ0v) is 14.5. The Morgan fingerprint density at radius 3 is 2.17 bits per heavy atom. The number of halogens is 8. The lowest BCUT2D eigenvalue weighted by atomic mass is 10.3. The maximum atomic E-state index is 13.8. The van der Waals surface area contributed by atoms with E-state index in [9.17, 15) is 34.9 Å². The Labute approximate surface area is 143 Å². The molecule has 1 aromatic carbocycles. The van der Waals surface area contributed by atoms with E-state index in [4.69, 9.17) is 0 Å². The van der Waals surface area contributed by atoms with Crippen molar-refractivity contribution in [1.29, 1.82) is 0 Å². The maximum Gasteiger partial charge on any atom is 0.449 e. The van der Waals surface area contributed by atoms with Crippen LogP contribution in [0, 0.1) is 5.82 Å². The van der Waals surface area contributed by atoms with Crippen molar-refractivity contribution in [1.82, 2.24) is 4.90 Å². The lowest BCUT2D eigenvalue weighted by molar-refractivity contribution is -0.105. The van der Waals surface area contributed by atoms with Crippen molar-refractivity contribution in [3.63, 3.8) is 0 Å². The van der Waals surface area contributed by atoms with Crippen LogP contribution in [0.1, 0.15) is 0 Å². The predicted octanol–water partition coefficient (Wildman–Crippen LogP) is 4.41. The monoisotopic (exact) mass is 442 g/mol. The molecule has 0 amide bonds. The van der Waals surface area contributed by atoms with Crippen LogP contribution in [0.3, 0.4) is 0 Å². The van der Waals surface area contributed by atoms with Crippen LogP contribution in [0.4, 0.5) is 36.4 Å². The standard InChI is InChI=1S/C12H10BrF7N2OS/c1-22(2)10(12(18,19)20)21-8-4-9(6(13)3-7(8)14)24(23)5-11(15,16)17/h3-4H,5H2,1-2H3. The SMILES string of the molecule is CN(C)C(=Nc1cc(S(=O)CC(F)(F)F)c(Br)cc1F)C(F)(F)F.